The minimum atomic E-state index is -0.205. The molecule has 1 aromatic carbocycles. The van der Waals surface area contributed by atoms with Crippen molar-refractivity contribution in [2.24, 2.45) is 0 Å². The average molecular weight is 260 g/mol. The van der Waals surface area contributed by atoms with Crippen LogP contribution in [-0.2, 0) is 0 Å². The maximum absolute atomic E-state index is 12.1. The van der Waals surface area contributed by atoms with E-state index < -0.39 is 0 Å². The van der Waals surface area contributed by atoms with E-state index in [0.29, 0.717) is 24.5 Å². The van der Waals surface area contributed by atoms with Gasteiger partial charge in [-0.1, -0.05) is 18.2 Å². The zero-order valence-electron chi connectivity index (χ0n) is 11.5. The summed E-state index contributed by atoms with van der Waals surface area (Å²) in [6, 6.07) is 5.43. The first kappa shape index (κ1) is 14.8. The summed E-state index contributed by atoms with van der Waals surface area (Å²) in [6.45, 7) is 10.2. The molecule has 4 heteroatoms. The van der Waals surface area contributed by atoms with Gasteiger partial charge in [0.15, 0.2) is 0 Å². The van der Waals surface area contributed by atoms with Gasteiger partial charge in [-0.05, 0) is 24.6 Å². The number of carbonyl (C=O) groups is 1. The maximum Gasteiger partial charge on any atom is 0.322 e. The number of anilines is 1. The van der Waals surface area contributed by atoms with Crippen molar-refractivity contribution in [2.75, 3.05) is 25.5 Å². The van der Waals surface area contributed by atoms with Gasteiger partial charge in [-0.25, -0.2) is 4.79 Å². The minimum absolute atomic E-state index is 0.205. The molecule has 1 rings (SSSR count). The third kappa shape index (κ3) is 4.17. The molecule has 0 aliphatic carbocycles. The number of benzene rings is 1. The lowest BCUT2D eigenvalue weighted by molar-refractivity contribution is 0.222. The van der Waals surface area contributed by atoms with Crippen LogP contribution in [0.5, 0.6) is 5.75 Å². The quantitative estimate of drug-likeness (QED) is 0.798. The first-order valence-corrected chi connectivity index (χ1v) is 6.04. The summed E-state index contributed by atoms with van der Waals surface area (Å²) in [5.41, 5.74) is 1.71. The molecular formula is C15H20N2O2. The molecule has 0 radical (unpaired) electrons. The molecule has 19 heavy (non-hydrogen) atoms. The predicted octanol–water partition coefficient (Wildman–Crippen LogP) is 3.21. The Morgan fingerprint density at radius 2 is 2.00 bits per heavy atom. The van der Waals surface area contributed by atoms with Crippen molar-refractivity contribution < 1.29 is 9.53 Å². The molecule has 0 aromatic heterocycles. The number of rotatable bonds is 6. The van der Waals surface area contributed by atoms with Gasteiger partial charge >= 0.3 is 6.03 Å². The minimum Gasteiger partial charge on any atom is -0.495 e. The third-order valence-corrected chi connectivity index (χ3v) is 2.58. The standard InChI is InChI=1S/C15H20N2O2/c1-5-9-17(10-6-2)15(18)16-13-11-12(3)7-8-14(13)19-4/h5-8,11H,1-2,9-10H2,3-4H3,(H,16,18). The number of ether oxygens (including phenoxy) is 1. The molecule has 0 saturated carbocycles. The van der Waals surface area contributed by atoms with Gasteiger partial charge in [0.2, 0.25) is 0 Å². The average Bonchev–Trinajstić information content (AvgIpc) is 2.38. The van der Waals surface area contributed by atoms with E-state index in [2.05, 4.69) is 18.5 Å². The Kier molecular flexibility index (Phi) is 5.67. The van der Waals surface area contributed by atoms with Gasteiger partial charge < -0.3 is 15.0 Å². The number of methoxy groups -OCH3 is 1. The van der Waals surface area contributed by atoms with Crippen LogP contribution < -0.4 is 10.1 Å². The van der Waals surface area contributed by atoms with Crippen LogP contribution in [0.1, 0.15) is 5.56 Å². The number of hydrogen-bond acceptors (Lipinski definition) is 2. The van der Waals surface area contributed by atoms with Crippen LogP contribution in [0.2, 0.25) is 0 Å². The predicted molar refractivity (Wildman–Crippen MR) is 78.7 cm³/mol. The second-order valence-corrected chi connectivity index (χ2v) is 4.12. The van der Waals surface area contributed by atoms with E-state index in [1.54, 1.807) is 24.2 Å². The van der Waals surface area contributed by atoms with Crippen LogP contribution >= 0.6 is 0 Å². The van der Waals surface area contributed by atoms with Crippen LogP contribution in [0.4, 0.5) is 10.5 Å². The lowest BCUT2D eigenvalue weighted by atomic mass is 10.2. The molecular weight excluding hydrogens is 240 g/mol. The fourth-order valence-corrected chi connectivity index (χ4v) is 1.67. The molecule has 0 unspecified atom stereocenters. The number of urea groups is 1. The number of nitrogens with one attached hydrogen (secondary N) is 1. The molecule has 0 spiro atoms. The van der Waals surface area contributed by atoms with Crippen molar-refractivity contribution in [3.8, 4) is 5.75 Å². The summed E-state index contributed by atoms with van der Waals surface area (Å²) in [7, 11) is 1.57. The van der Waals surface area contributed by atoms with Crippen molar-refractivity contribution in [2.45, 2.75) is 6.92 Å². The Hall–Kier alpha value is -2.23. The number of amides is 2. The first-order valence-electron chi connectivity index (χ1n) is 6.04. The fraction of sp³-hybridized carbons (Fsp3) is 0.267. The molecule has 0 bridgehead atoms. The highest BCUT2D eigenvalue weighted by atomic mass is 16.5. The van der Waals surface area contributed by atoms with E-state index in [9.17, 15) is 4.79 Å². The first-order chi connectivity index (χ1) is 9.12. The van der Waals surface area contributed by atoms with E-state index in [4.69, 9.17) is 4.74 Å². The topological polar surface area (TPSA) is 41.6 Å². The summed E-state index contributed by atoms with van der Waals surface area (Å²) in [4.78, 5) is 13.7. The van der Waals surface area contributed by atoms with Crippen molar-refractivity contribution >= 4 is 11.7 Å². The van der Waals surface area contributed by atoms with Gasteiger partial charge in [0.1, 0.15) is 5.75 Å². The lowest BCUT2D eigenvalue weighted by Gasteiger charge is -2.20. The van der Waals surface area contributed by atoms with E-state index in [-0.39, 0.29) is 6.03 Å². The highest BCUT2D eigenvalue weighted by molar-refractivity contribution is 5.91. The molecule has 0 heterocycles. The van der Waals surface area contributed by atoms with Gasteiger partial charge in [0.25, 0.3) is 0 Å². The monoisotopic (exact) mass is 260 g/mol. The zero-order chi connectivity index (χ0) is 14.3. The van der Waals surface area contributed by atoms with Crippen molar-refractivity contribution in [1.82, 2.24) is 4.90 Å². The summed E-state index contributed by atoms with van der Waals surface area (Å²) >= 11 is 0. The van der Waals surface area contributed by atoms with Crippen LogP contribution in [0, 0.1) is 6.92 Å². The second kappa shape index (κ2) is 7.26. The molecule has 102 valence electrons. The van der Waals surface area contributed by atoms with E-state index in [0.717, 1.165) is 5.56 Å². The van der Waals surface area contributed by atoms with Crippen molar-refractivity contribution in [3.63, 3.8) is 0 Å². The van der Waals surface area contributed by atoms with E-state index >= 15 is 0 Å². The summed E-state index contributed by atoms with van der Waals surface area (Å²) in [5, 5.41) is 2.84. The molecule has 0 aliphatic heterocycles. The van der Waals surface area contributed by atoms with Crippen molar-refractivity contribution in [3.05, 3.63) is 49.1 Å². The molecule has 1 N–H and O–H groups in total. The summed E-state index contributed by atoms with van der Waals surface area (Å²) < 4.78 is 5.23. The molecule has 2 amide bonds. The van der Waals surface area contributed by atoms with Gasteiger partial charge in [-0.15, -0.1) is 13.2 Å². The number of hydrogen-bond donors (Lipinski definition) is 1. The number of carbonyl (C=O) groups excluding carboxylic acids is 1. The summed E-state index contributed by atoms with van der Waals surface area (Å²) in [5.74, 6) is 0.635. The Morgan fingerprint density at radius 3 is 2.53 bits per heavy atom. The Labute approximate surface area is 114 Å². The lowest BCUT2D eigenvalue weighted by Crippen LogP contribution is -2.35. The number of nitrogens with zero attached hydrogens (tertiary/aromatic N) is 1. The van der Waals surface area contributed by atoms with Gasteiger partial charge in [-0.2, -0.15) is 0 Å². The van der Waals surface area contributed by atoms with Crippen LogP contribution in [-0.4, -0.2) is 31.1 Å². The van der Waals surface area contributed by atoms with Crippen LogP contribution in [0.15, 0.2) is 43.5 Å². The third-order valence-electron chi connectivity index (χ3n) is 2.58. The number of aryl methyl sites for hydroxylation is 1. The molecule has 1 aromatic rings. The normalized spacial score (nSPS) is 9.58. The molecule has 0 atom stereocenters. The SMILES string of the molecule is C=CCN(CC=C)C(=O)Nc1cc(C)ccc1OC. The Bertz CT molecular complexity index is 459. The zero-order valence-corrected chi connectivity index (χ0v) is 11.5. The highest BCUT2D eigenvalue weighted by Crippen LogP contribution is 2.25. The fourth-order valence-electron chi connectivity index (χ4n) is 1.67. The van der Waals surface area contributed by atoms with Crippen molar-refractivity contribution in [1.29, 1.82) is 0 Å². The van der Waals surface area contributed by atoms with Gasteiger partial charge in [0, 0.05) is 13.1 Å². The Morgan fingerprint density at radius 1 is 1.37 bits per heavy atom. The smallest absolute Gasteiger partial charge is 0.322 e. The molecule has 0 aliphatic rings. The summed E-state index contributed by atoms with van der Waals surface area (Å²) in [6.07, 6.45) is 3.35. The van der Waals surface area contributed by atoms with E-state index in [1.807, 2.05) is 25.1 Å². The highest BCUT2D eigenvalue weighted by Gasteiger charge is 2.13. The second-order valence-electron chi connectivity index (χ2n) is 4.12. The van der Waals surface area contributed by atoms with Gasteiger partial charge in [-0.3, -0.25) is 0 Å². The van der Waals surface area contributed by atoms with E-state index in [1.165, 1.54) is 0 Å². The Balaban J connectivity index is 2.87. The molecule has 0 fully saturated rings. The largest absolute Gasteiger partial charge is 0.495 e. The van der Waals surface area contributed by atoms with Crippen LogP contribution in [0.25, 0.3) is 0 Å². The van der Waals surface area contributed by atoms with Crippen LogP contribution in [0.3, 0.4) is 0 Å². The van der Waals surface area contributed by atoms with Gasteiger partial charge in [0.05, 0.1) is 12.8 Å². The molecule has 4 nitrogen and oxygen atoms in total. The maximum atomic E-state index is 12.1. The molecule has 0 saturated heterocycles.